The highest BCUT2D eigenvalue weighted by atomic mass is 79.9. The molecule has 0 nitrogen and oxygen atoms in total. The maximum absolute atomic E-state index is 13.7. The fraction of sp³-hybridized carbons (Fsp3) is 0.200. The molecule has 0 saturated carbocycles. The third-order valence-electron chi connectivity index (χ3n) is 3.01. The van der Waals surface area contributed by atoms with Gasteiger partial charge in [0.2, 0.25) is 0 Å². The number of hydrogen-bond donors (Lipinski definition) is 0. The first kappa shape index (κ1) is 14.7. The van der Waals surface area contributed by atoms with Crippen LogP contribution in [0.2, 0.25) is 0 Å². The van der Waals surface area contributed by atoms with Crippen LogP contribution in [0.15, 0.2) is 46.9 Å². The van der Waals surface area contributed by atoms with Crippen molar-refractivity contribution in [2.75, 3.05) is 5.33 Å². The summed E-state index contributed by atoms with van der Waals surface area (Å²) in [6, 6.07) is 11.4. The summed E-state index contributed by atoms with van der Waals surface area (Å²) in [5, 5.41) is 0.686. The number of halogens is 4. The van der Waals surface area contributed by atoms with Crippen LogP contribution in [-0.4, -0.2) is 5.33 Å². The van der Waals surface area contributed by atoms with Crippen LogP contribution in [0.3, 0.4) is 0 Å². The van der Waals surface area contributed by atoms with E-state index in [4.69, 9.17) is 0 Å². The van der Waals surface area contributed by atoms with E-state index >= 15 is 0 Å². The summed E-state index contributed by atoms with van der Waals surface area (Å²) in [5.74, 6) is -0.678. The van der Waals surface area contributed by atoms with E-state index in [0.717, 1.165) is 16.1 Å². The lowest BCUT2D eigenvalue weighted by Crippen LogP contribution is -2.07. The van der Waals surface area contributed by atoms with Crippen molar-refractivity contribution in [2.24, 2.45) is 0 Å². The van der Waals surface area contributed by atoms with Crippen molar-refractivity contribution in [3.05, 3.63) is 69.7 Å². The van der Waals surface area contributed by atoms with Crippen molar-refractivity contribution in [3.63, 3.8) is 0 Å². The molecule has 0 spiro atoms. The van der Waals surface area contributed by atoms with E-state index in [9.17, 15) is 8.78 Å². The first-order valence-corrected chi connectivity index (χ1v) is 7.77. The molecule has 1 atom stereocenters. The Morgan fingerprint density at radius 2 is 1.79 bits per heavy atom. The Balaban J connectivity index is 2.29. The first-order chi connectivity index (χ1) is 9.11. The highest BCUT2D eigenvalue weighted by molar-refractivity contribution is 9.10. The second-order valence-electron chi connectivity index (χ2n) is 4.31. The van der Waals surface area contributed by atoms with Gasteiger partial charge in [-0.15, -0.1) is 0 Å². The van der Waals surface area contributed by atoms with Crippen molar-refractivity contribution in [1.29, 1.82) is 0 Å². The van der Waals surface area contributed by atoms with Gasteiger partial charge >= 0.3 is 0 Å². The second-order valence-corrected chi connectivity index (χ2v) is 5.81. The Kier molecular flexibility index (Phi) is 5.11. The molecule has 100 valence electrons. The van der Waals surface area contributed by atoms with Crippen molar-refractivity contribution < 1.29 is 8.78 Å². The molecule has 0 bridgehead atoms. The normalized spacial score (nSPS) is 12.4. The lowest BCUT2D eigenvalue weighted by Gasteiger charge is -2.16. The van der Waals surface area contributed by atoms with Gasteiger partial charge in [0.15, 0.2) is 0 Å². The molecule has 0 saturated heterocycles. The molecular weight excluding hydrogens is 378 g/mol. The fourth-order valence-corrected chi connectivity index (χ4v) is 3.21. The van der Waals surface area contributed by atoms with Crippen LogP contribution >= 0.6 is 31.9 Å². The molecule has 0 heterocycles. The number of rotatable bonds is 4. The molecule has 0 aliphatic rings. The summed E-state index contributed by atoms with van der Waals surface area (Å²) in [7, 11) is 0. The minimum Gasteiger partial charge on any atom is -0.207 e. The van der Waals surface area contributed by atoms with Gasteiger partial charge in [-0.1, -0.05) is 50.1 Å². The lowest BCUT2D eigenvalue weighted by atomic mass is 9.93. The molecule has 2 rings (SSSR count). The average molecular weight is 390 g/mol. The van der Waals surface area contributed by atoms with E-state index in [0.29, 0.717) is 17.3 Å². The SMILES string of the molecule is Fc1ccc(F)c(CC(CBr)c2ccccc2Br)c1. The summed E-state index contributed by atoms with van der Waals surface area (Å²) < 4.78 is 27.9. The smallest absolute Gasteiger partial charge is 0.126 e. The van der Waals surface area contributed by atoms with Crippen molar-refractivity contribution in [3.8, 4) is 0 Å². The van der Waals surface area contributed by atoms with Gasteiger partial charge < -0.3 is 0 Å². The minimum absolute atomic E-state index is 0.0897. The van der Waals surface area contributed by atoms with Gasteiger partial charge in [-0.25, -0.2) is 8.78 Å². The topological polar surface area (TPSA) is 0 Å². The largest absolute Gasteiger partial charge is 0.207 e. The van der Waals surface area contributed by atoms with E-state index in [-0.39, 0.29) is 11.7 Å². The molecule has 2 aromatic carbocycles. The zero-order valence-electron chi connectivity index (χ0n) is 10.0. The van der Waals surface area contributed by atoms with E-state index in [1.165, 1.54) is 12.1 Å². The third kappa shape index (κ3) is 3.63. The van der Waals surface area contributed by atoms with Gasteiger partial charge in [0.25, 0.3) is 0 Å². The maximum atomic E-state index is 13.7. The van der Waals surface area contributed by atoms with Crippen LogP contribution in [0.4, 0.5) is 8.78 Å². The van der Waals surface area contributed by atoms with Crippen LogP contribution in [0, 0.1) is 11.6 Å². The number of alkyl halides is 1. The fourth-order valence-electron chi connectivity index (χ4n) is 2.02. The Bertz CT molecular complexity index is 570. The number of hydrogen-bond acceptors (Lipinski definition) is 0. The second kappa shape index (κ2) is 6.62. The molecule has 0 amide bonds. The van der Waals surface area contributed by atoms with E-state index in [2.05, 4.69) is 31.9 Å². The molecule has 0 aliphatic heterocycles. The predicted molar refractivity (Wildman–Crippen MR) is 80.7 cm³/mol. The quantitative estimate of drug-likeness (QED) is 0.610. The van der Waals surface area contributed by atoms with E-state index < -0.39 is 5.82 Å². The van der Waals surface area contributed by atoms with Crippen molar-refractivity contribution in [2.45, 2.75) is 12.3 Å². The zero-order valence-corrected chi connectivity index (χ0v) is 13.2. The summed E-state index contributed by atoms with van der Waals surface area (Å²) in [5.41, 5.74) is 1.49. The van der Waals surface area contributed by atoms with Crippen molar-refractivity contribution >= 4 is 31.9 Å². The van der Waals surface area contributed by atoms with Crippen LogP contribution < -0.4 is 0 Å². The highest BCUT2D eigenvalue weighted by Crippen LogP contribution is 2.30. The van der Waals surface area contributed by atoms with Crippen LogP contribution in [0.1, 0.15) is 17.0 Å². The Hall–Kier alpha value is -0.740. The molecule has 0 aliphatic carbocycles. The van der Waals surface area contributed by atoms with Gasteiger partial charge in [-0.3, -0.25) is 0 Å². The molecule has 4 heteroatoms. The van der Waals surface area contributed by atoms with Gasteiger partial charge in [0.1, 0.15) is 11.6 Å². The molecular formula is C15H12Br2F2. The molecule has 0 radical (unpaired) electrons. The van der Waals surface area contributed by atoms with Gasteiger partial charge in [-0.05, 0) is 47.7 Å². The molecule has 19 heavy (non-hydrogen) atoms. The predicted octanol–water partition coefficient (Wildman–Crippen LogP) is 5.45. The molecule has 2 aromatic rings. The van der Waals surface area contributed by atoms with Crippen molar-refractivity contribution in [1.82, 2.24) is 0 Å². The maximum Gasteiger partial charge on any atom is 0.126 e. The minimum atomic E-state index is -0.406. The third-order valence-corrected chi connectivity index (χ3v) is 4.51. The molecule has 1 unspecified atom stereocenters. The lowest BCUT2D eigenvalue weighted by molar-refractivity contribution is 0.577. The van der Waals surface area contributed by atoms with Gasteiger partial charge in [-0.2, -0.15) is 0 Å². The molecule has 0 N–H and O–H groups in total. The van der Waals surface area contributed by atoms with Gasteiger partial charge in [0, 0.05) is 9.80 Å². The van der Waals surface area contributed by atoms with Crippen LogP contribution in [-0.2, 0) is 6.42 Å². The Morgan fingerprint density at radius 3 is 2.47 bits per heavy atom. The summed E-state index contributed by atoms with van der Waals surface area (Å²) >= 11 is 6.95. The Morgan fingerprint density at radius 1 is 1.05 bits per heavy atom. The first-order valence-electron chi connectivity index (χ1n) is 5.86. The average Bonchev–Trinajstić information content (AvgIpc) is 2.41. The zero-order chi connectivity index (χ0) is 13.8. The Labute approximate surface area is 128 Å². The molecule has 0 aromatic heterocycles. The summed E-state index contributed by atoms with van der Waals surface area (Å²) in [6.07, 6.45) is 0.456. The highest BCUT2D eigenvalue weighted by Gasteiger charge is 2.16. The van der Waals surface area contributed by atoms with E-state index in [1.54, 1.807) is 0 Å². The van der Waals surface area contributed by atoms with E-state index in [1.807, 2.05) is 24.3 Å². The van der Waals surface area contributed by atoms with Crippen LogP contribution in [0.25, 0.3) is 0 Å². The standard InChI is InChI=1S/C15H12Br2F2/c16-9-11(13-3-1-2-4-14(13)17)7-10-8-12(18)5-6-15(10)19/h1-6,8,11H,7,9H2. The summed E-state index contributed by atoms with van der Waals surface area (Å²) in [6.45, 7) is 0. The van der Waals surface area contributed by atoms with Gasteiger partial charge in [0.05, 0.1) is 0 Å². The molecule has 0 fully saturated rings. The number of benzene rings is 2. The van der Waals surface area contributed by atoms with Crippen LogP contribution in [0.5, 0.6) is 0 Å². The summed E-state index contributed by atoms with van der Waals surface area (Å²) in [4.78, 5) is 0. The monoisotopic (exact) mass is 388 g/mol.